The van der Waals surface area contributed by atoms with E-state index < -0.39 is 11.5 Å². The summed E-state index contributed by atoms with van der Waals surface area (Å²) >= 11 is 0. The summed E-state index contributed by atoms with van der Waals surface area (Å²) in [6, 6.07) is 4.01. The molecule has 178 valence electrons. The summed E-state index contributed by atoms with van der Waals surface area (Å²) in [5.41, 5.74) is 6.48. The van der Waals surface area contributed by atoms with Gasteiger partial charge in [0.1, 0.15) is 11.6 Å². The van der Waals surface area contributed by atoms with Gasteiger partial charge in [-0.25, -0.2) is 15.0 Å². The number of nitrogens with two attached hydrogens (primary N) is 1. The SMILES string of the molecule is CCc1nc(C(N)=O)c(Nc2ccc(N3CCOCC3)nc2)nc1NC1CCC(C)(O)CC1. The van der Waals surface area contributed by atoms with Crippen LogP contribution in [0.15, 0.2) is 18.3 Å². The van der Waals surface area contributed by atoms with Crippen molar-refractivity contribution in [2.24, 2.45) is 5.73 Å². The number of amides is 1. The molecular formula is C23H33N7O3. The van der Waals surface area contributed by atoms with Gasteiger partial charge in [0.05, 0.1) is 36.4 Å². The zero-order valence-electron chi connectivity index (χ0n) is 19.3. The molecule has 0 aromatic carbocycles. The molecule has 0 unspecified atom stereocenters. The second-order valence-corrected chi connectivity index (χ2v) is 8.98. The highest BCUT2D eigenvalue weighted by Gasteiger charge is 2.29. The molecule has 0 bridgehead atoms. The molecule has 2 aliphatic rings. The van der Waals surface area contributed by atoms with Gasteiger partial charge >= 0.3 is 0 Å². The van der Waals surface area contributed by atoms with Crippen LogP contribution in [0, 0.1) is 0 Å². The van der Waals surface area contributed by atoms with Crippen LogP contribution in [-0.4, -0.2) is 63.9 Å². The van der Waals surface area contributed by atoms with E-state index in [1.807, 2.05) is 26.0 Å². The van der Waals surface area contributed by atoms with Crippen molar-refractivity contribution in [3.8, 4) is 0 Å². The van der Waals surface area contributed by atoms with Crippen molar-refractivity contribution in [1.82, 2.24) is 15.0 Å². The third-order valence-corrected chi connectivity index (χ3v) is 6.29. The molecular weight excluding hydrogens is 422 g/mol. The zero-order valence-corrected chi connectivity index (χ0v) is 19.3. The molecule has 2 aromatic rings. The van der Waals surface area contributed by atoms with Crippen LogP contribution in [0.2, 0.25) is 0 Å². The Morgan fingerprint density at radius 1 is 1.24 bits per heavy atom. The van der Waals surface area contributed by atoms with E-state index in [4.69, 9.17) is 15.5 Å². The number of nitrogens with zero attached hydrogens (tertiary/aromatic N) is 4. The first-order chi connectivity index (χ1) is 15.8. The van der Waals surface area contributed by atoms with Crippen LogP contribution < -0.4 is 21.3 Å². The Hall–Kier alpha value is -2.98. The van der Waals surface area contributed by atoms with Crippen molar-refractivity contribution in [2.45, 2.75) is 57.6 Å². The average molecular weight is 456 g/mol. The fraction of sp³-hybridized carbons (Fsp3) is 0.565. The lowest BCUT2D eigenvalue weighted by molar-refractivity contribution is 0.0196. The monoisotopic (exact) mass is 455 g/mol. The largest absolute Gasteiger partial charge is 0.390 e. The number of rotatable bonds is 7. The van der Waals surface area contributed by atoms with Crippen molar-refractivity contribution < 1.29 is 14.6 Å². The Labute approximate surface area is 194 Å². The van der Waals surface area contributed by atoms with E-state index in [1.165, 1.54) is 0 Å². The second-order valence-electron chi connectivity index (χ2n) is 8.98. The summed E-state index contributed by atoms with van der Waals surface area (Å²) in [6.07, 6.45) is 5.45. The lowest BCUT2D eigenvalue weighted by Crippen LogP contribution is -2.36. The van der Waals surface area contributed by atoms with Gasteiger partial charge in [0.25, 0.3) is 5.91 Å². The summed E-state index contributed by atoms with van der Waals surface area (Å²) in [5.74, 6) is 1.17. The zero-order chi connectivity index (χ0) is 23.4. The van der Waals surface area contributed by atoms with Gasteiger partial charge in [0, 0.05) is 19.1 Å². The number of anilines is 4. The topological polar surface area (TPSA) is 139 Å². The first-order valence-corrected chi connectivity index (χ1v) is 11.6. The Morgan fingerprint density at radius 3 is 2.58 bits per heavy atom. The Balaban J connectivity index is 1.54. The van der Waals surface area contributed by atoms with Gasteiger partial charge in [0.2, 0.25) is 0 Å². The molecule has 2 aromatic heterocycles. The number of pyridine rings is 1. The highest BCUT2D eigenvalue weighted by atomic mass is 16.5. The number of ether oxygens (including phenoxy) is 1. The second kappa shape index (κ2) is 9.88. The summed E-state index contributed by atoms with van der Waals surface area (Å²) < 4.78 is 5.39. The minimum Gasteiger partial charge on any atom is -0.390 e. The smallest absolute Gasteiger partial charge is 0.271 e. The molecule has 33 heavy (non-hydrogen) atoms. The molecule has 0 radical (unpaired) electrons. The maximum atomic E-state index is 12.1. The number of carbonyl (C=O) groups excluding carboxylic acids is 1. The number of nitrogens with one attached hydrogen (secondary N) is 2. The van der Waals surface area contributed by atoms with Gasteiger partial charge in [-0.05, 0) is 51.2 Å². The molecule has 1 saturated heterocycles. The number of aromatic nitrogens is 3. The molecule has 1 aliphatic carbocycles. The fourth-order valence-corrected chi connectivity index (χ4v) is 4.24. The number of morpholine rings is 1. The Kier molecular flexibility index (Phi) is 6.94. The first-order valence-electron chi connectivity index (χ1n) is 11.6. The molecule has 5 N–H and O–H groups in total. The number of aliphatic hydroxyl groups is 1. The Morgan fingerprint density at radius 2 is 1.97 bits per heavy atom. The van der Waals surface area contributed by atoms with Gasteiger partial charge in [-0.15, -0.1) is 0 Å². The van der Waals surface area contributed by atoms with E-state index >= 15 is 0 Å². The highest BCUT2D eigenvalue weighted by molar-refractivity contribution is 5.96. The minimum atomic E-state index is -0.641. The molecule has 1 aliphatic heterocycles. The summed E-state index contributed by atoms with van der Waals surface area (Å²) in [6.45, 7) is 6.84. The molecule has 4 rings (SSSR count). The predicted molar refractivity (Wildman–Crippen MR) is 127 cm³/mol. The number of aryl methyl sites for hydroxylation is 1. The van der Waals surface area contributed by atoms with E-state index in [-0.39, 0.29) is 11.7 Å². The average Bonchev–Trinajstić information content (AvgIpc) is 2.81. The molecule has 10 heteroatoms. The van der Waals surface area contributed by atoms with Gasteiger partial charge in [-0.3, -0.25) is 4.79 Å². The quantitative estimate of drug-likeness (QED) is 0.495. The van der Waals surface area contributed by atoms with Crippen LogP contribution in [0.3, 0.4) is 0 Å². The number of hydrogen-bond acceptors (Lipinski definition) is 9. The van der Waals surface area contributed by atoms with E-state index in [0.717, 1.165) is 44.6 Å². The van der Waals surface area contributed by atoms with Crippen molar-refractivity contribution in [3.05, 3.63) is 29.7 Å². The predicted octanol–water partition coefficient (Wildman–Crippen LogP) is 2.22. The van der Waals surface area contributed by atoms with Gasteiger partial charge in [-0.2, -0.15) is 0 Å². The van der Waals surface area contributed by atoms with Crippen LogP contribution in [0.5, 0.6) is 0 Å². The third kappa shape index (κ3) is 5.69. The lowest BCUT2D eigenvalue weighted by Gasteiger charge is -2.34. The fourth-order valence-electron chi connectivity index (χ4n) is 4.24. The van der Waals surface area contributed by atoms with E-state index in [9.17, 15) is 9.90 Å². The van der Waals surface area contributed by atoms with Crippen molar-refractivity contribution in [3.63, 3.8) is 0 Å². The van der Waals surface area contributed by atoms with E-state index in [1.54, 1.807) is 6.20 Å². The summed E-state index contributed by atoms with van der Waals surface area (Å²) in [7, 11) is 0. The molecule has 2 fully saturated rings. The molecule has 0 spiro atoms. The third-order valence-electron chi connectivity index (χ3n) is 6.29. The maximum Gasteiger partial charge on any atom is 0.271 e. The van der Waals surface area contributed by atoms with Crippen LogP contribution >= 0.6 is 0 Å². The minimum absolute atomic E-state index is 0.0984. The molecule has 0 atom stereocenters. The molecule has 1 saturated carbocycles. The van der Waals surface area contributed by atoms with Crippen molar-refractivity contribution in [2.75, 3.05) is 41.8 Å². The van der Waals surface area contributed by atoms with Gasteiger partial charge in [-0.1, -0.05) is 6.92 Å². The number of primary amides is 1. The van der Waals surface area contributed by atoms with Crippen molar-refractivity contribution >= 4 is 29.0 Å². The number of carbonyl (C=O) groups is 1. The van der Waals surface area contributed by atoms with Gasteiger partial charge in [0.15, 0.2) is 11.5 Å². The van der Waals surface area contributed by atoms with E-state index in [2.05, 4.69) is 25.5 Å². The van der Waals surface area contributed by atoms with E-state index in [0.29, 0.717) is 42.7 Å². The van der Waals surface area contributed by atoms with Gasteiger partial charge < -0.3 is 31.1 Å². The lowest BCUT2D eigenvalue weighted by atomic mass is 9.83. The van der Waals surface area contributed by atoms with Crippen LogP contribution in [0.4, 0.5) is 23.1 Å². The molecule has 10 nitrogen and oxygen atoms in total. The maximum absolute atomic E-state index is 12.1. The van der Waals surface area contributed by atoms with Crippen LogP contribution in [-0.2, 0) is 11.2 Å². The number of hydrogen-bond donors (Lipinski definition) is 4. The molecule has 1 amide bonds. The highest BCUT2D eigenvalue weighted by Crippen LogP contribution is 2.31. The Bertz CT molecular complexity index is 965. The van der Waals surface area contributed by atoms with Crippen molar-refractivity contribution in [1.29, 1.82) is 0 Å². The van der Waals surface area contributed by atoms with Crippen LogP contribution in [0.1, 0.15) is 55.7 Å². The summed E-state index contributed by atoms with van der Waals surface area (Å²) in [4.78, 5) is 28.0. The normalized spacial score (nSPS) is 23.2. The molecule has 3 heterocycles. The summed E-state index contributed by atoms with van der Waals surface area (Å²) in [5, 5.41) is 16.9. The van der Waals surface area contributed by atoms with Crippen LogP contribution in [0.25, 0.3) is 0 Å². The standard InChI is InChI=1S/C23H33N7O3/c1-3-17-21(26-15-6-8-23(2,32)9-7-15)29-22(19(28-17)20(24)31)27-16-4-5-18(25-14-16)30-10-12-33-13-11-30/h4-5,14-15,32H,3,6-13H2,1-2H3,(H2,24,31)(H2,26,27,29). The first kappa shape index (κ1) is 23.2.